The summed E-state index contributed by atoms with van der Waals surface area (Å²) in [4.78, 5) is 10.4. The monoisotopic (exact) mass is 193 g/mol. The molecule has 12 heavy (non-hydrogen) atoms. The third kappa shape index (κ3) is 3.85. The van der Waals surface area contributed by atoms with Gasteiger partial charge in [-0.15, -0.1) is 0 Å². The zero-order valence-corrected chi connectivity index (χ0v) is 7.75. The lowest BCUT2D eigenvalue weighted by molar-refractivity contribution is -0.132. The molecular weight excluding hydrogens is 181 g/mol. The van der Waals surface area contributed by atoms with Crippen molar-refractivity contribution < 1.29 is 18.4 Å². The predicted molar refractivity (Wildman–Crippen MR) is 42.2 cm³/mol. The van der Waals surface area contributed by atoms with Gasteiger partial charge < -0.3 is 4.52 Å². The zero-order valence-electron chi connectivity index (χ0n) is 6.86. The zero-order chi connectivity index (χ0) is 9.19. The Labute approximate surface area is 70.8 Å². The van der Waals surface area contributed by atoms with E-state index in [1.165, 1.54) is 0 Å². The van der Waals surface area contributed by atoms with Gasteiger partial charge in [0.05, 0.1) is 6.61 Å². The molecule has 70 valence electrons. The smallest absolute Gasteiger partial charge is 0.380 e. The van der Waals surface area contributed by atoms with Crippen LogP contribution in [0.2, 0.25) is 0 Å². The first-order chi connectivity index (χ1) is 5.49. The molecule has 1 saturated carbocycles. The molecule has 2 N–H and O–H groups in total. The van der Waals surface area contributed by atoms with Crippen molar-refractivity contribution in [2.75, 3.05) is 6.61 Å². The second-order valence-corrected chi connectivity index (χ2v) is 4.38. The molecule has 0 amide bonds. The van der Waals surface area contributed by atoms with Gasteiger partial charge in [-0.25, -0.2) is 10.1 Å². The van der Waals surface area contributed by atoms with Crippen LogP contribution in [0.5, 0.6) is 0 Å². The van der Waals surface area contributed by atoms with Gasteiger partial charge in [-0.2, -0.15) is 0 Å². The van der Waals surface area contributed by atoms with Gasteiger partial charge in [0.1, 0.15) is 0 Å². The summed E-state index contributed by atoms with van der Waals surface area (Å²) in [5.74, 6) is -0.242. The van der Waals surface area contributed by atoms with E-state index >= 15 is 0 Å². The van der Waals surface area contributed by atoms with E-state index in [4.69, 9.17) is 10.0 Å². The minimum absolute atomic E-state index is 0.320. The van der Waals surface area contributed by atoms with Crippen LogP contribution < -0.4 is 5.50 Å². The van der Waals surface area contributed by atoms with Crippen LogP contribution in [-0.2, 0) is 18.4 Å². The van der Waals surface area contributed by atoms with Crippen LogP contribution in [0.3, 0.4) is 0 Å². The molecule has 1 rings (SSSR count). The Morgan fingerprint density at radius 3 is 2.67 bits per heavy atom. The van der Waals surface area contributed by atoms with Gasteiger partial charge in [-0.3, -0.25) is 9.32 Å². The molecule has 0 aliphatic heterocycles. The highest BCUT2D eigenvalue weighted by Crippen LogP contribution is 2.42. The van der Waals surface area contributed by atoms with Crippen LogP contribution >= 0.6 is 7.75 Å². The normalized spacial score (nSPS) is 21.5. The molecule has 0 aromatic heterocycles. The first kappa shape index (κ1) is 9.71. The standard InChI is InChI=1S/C6H12NO4P/c1-5(8)11-12(7,9)10-4-6-2-3-6/h6H,2-4H2,1H3,(H2,7,9). The van der Waals surface area contributed by atoms with Crippen molar-refractivity contribution in [3.63, 3.8) is 0 Å². The third-order valence-corrected chi connectivity index (χ3v) is 2.46. The van der Waals surface area contributed by atoms with E-state index in [0.29, 0.717) is 12.5 Å². The minimum Gasteiger partial charge on any atom is -0.380 e. The summed E-state index contributed by atoms with van der Waals surface area (Å²) in [6.45, 7) is 1.46. The lowest BCUT2D eigenvalue weighted by Crippen LogP contribution is -2.08. The maximum absolute atomic E-state index is 11.1. The topological polar surface area (TPSA) is 78.6 Å². The van der Waals surface area contributed by atoms with Crippen LogP contribution in [0.4, 0.5) is 0 Å². The largest absolute Gasteiger partial charge is 0.458 e. The van der Waals surface area contributed by atoms with Gasteiger partial charge in [0, 0.05) is 6.92 Å². The summed E-state index contributed by atoms with van der Waals surface area (Å²) in [7, 11) is -3.61. The van der Waals surface area contributed by atoms with Crippen LogP contribution in [0.15, 0.2) is 0 Å². The molecule has 0 radical (unpaired) electrons. The van der Waals surface area contributed by atoms with Crippen molar-refractivity contribution in [2.24, 2.45) is 11.4 Å². The molecule has 0 aromatic carbocycles. The number of hydrogen-bond acceptors (Lipinski definition) is 4. The maximum Gasteiger partial charge on any atom is 0.458 e. The van der Waals surface area contributed by atoms with Crippen LogP contribution in [0.25, 0.3) is 0 Å². The van der Waals surface area contributed by atoms with E-state index in [2.05, 4.69) is 4.52 Å². The molecule has 6 heteroatoms. The first-order valence-corrected chi connectivity index (χ1v) is 5.34. The molecule has 1 aliphatic carbocycles. The molecule has 0 bridgehead atoms. The van der Waals surface area contributed by atoms with Crippen LogP contribution in [0, 0.1) is 5.92 Å². The second kappa shape index (κ2) is 3.56. The van der Waals surface area contributed by atoms with Crippen molar-refractivity contribution in [3.8, 4) is 0 Å². The fourth-order valence-electron chi connectivity index (χ4n) is 0.699. The summed E-state index contributed by atoms with van der Waals surface area (Å²) >= 11 is 0. The Hall–Kier alpha value is -0.380. The van der Waals surface area contributed by atoms with Gasteiger partial charge >= 0.3 is 13.7 Å². The molecule has 0 aromatic rings. The summed E-state index contributed by atoms with van der Waals surface area (Å²) in [5.41, 5.74) is 5.08. The third-order valence-electron chi connectivity index (χ3n) is 1.44. The van der Waals surface area contributed by atoms with Gasteiger partial charge in [0.25, 0.3) is 0 Å². The van der Waals surface area contributed by atoms with Crippen molar-refractivity contribution in [3.05, 3.63) is 0 Å². The van der Waals surface area contributed by atoms with E-state index in [9.17, 15) is 9.36 Å². The highest BCUT2D eigenvalue weighted by Gasteiger charge is 2.28. The number of carbonyl (C=O) groups excluding carboxylic acids is 1. The maximum atomic E-state index is 11.1. The van der Waals surface area contributed by atoms with Crippen molar-refractivity contribution >= 4 is 13.7 Å². The fourth-order valence-corrected chi connectivity index (χ4v) is 1.53. The van der Waals surface area contributed by atoms with Crippen molar-refractivity contribution in [1.82, 2.24) is 0 Å². The Morgan fingerprint density at radius 1 is 1.67 bits per heavy atom. The average molecular weight is 193 g/mol. The SMILES string of the molecule is CC(=O)OP(N)(=O)OCC1CC1. The first-order valence-electron chi connectivity index (χ1n) is 3.73. The molecule has 1 fully saturated rings. The lowest BCUT2D eigenvalue weighted by atomic mass is 10.5. The Balaban J connectivity index is 2.25. The Bertz CT molecular complexity index is 226. The quantitative estimate of drug-likeness (QED) is 0.675. The van der Waals surface area contributed by atoms with E-state index in [1.807, 2.05) is 0 Å². The number of hydrogen-bond donors (Lipinski definition) is 1. The fraction of sp³-hybridized carbons (Fsp3) is 0.833. The molecular formula is C6H12NO4P. The molecule has 1 unspecified atom stereocenters. The van der Waals surface area contributed by atoms with E-state index < -0.39 is 13.7 Å². The second-order valence-electron chi connectivity index (χ2n) is 2.86. The summed E-state index contributed by atoms with van der Waals surface area (Å²) in [6, 6.07) is 0. The Morgan fingerprint density at radius 2 is 2.25 bits per heavy atom. The molecule has 5 nitrogen and oxygen atoms in total. The predicted octanol–water partition coefficient (Wildman–Crippen LogP) is 1.04. The minimum atomic E-state index is -3.61. The molecule has 1 aliphatic rings. The highest BCUT2D eigenvalue weighted by molar-refractivity contribution is 7.51. The number of rotatable bonds is 4. The van der Waals surface area contributed by atoms with E-state index in [0.717, 1.165) is 19.8 Å². The molecule has 0 heterocycles. The van der Waals surface area contributed by atoms with Crippen molar-refractivity contribution in [1.29, 1.82) is 0 Å². The van der Waals surface area contributed by atoms with Crippen LogP contribution in [0.1, 0.15) is 19.8 Å². The molecule has 0 spiro atoms. The summed E-state index contributed by atoms with van der Waals surface area (Å²) < 4.78 is 20.1. The highest BCUT2D eigenvalue weighted by atomic mass is 31.2. The summed E-state index contributed by atoms with van der Waals surface area (Å²) in [5, 5.41) is 0. The molecule has 1 atom stereocenters. The van der Waals surface area contributed by atoms with Gasteiger partial charge in [-0.05, 0) is 18.8 Å². The lowest BCUT2D eigenvalue weighted by Gasteiger charge is -2.10. The van der Waals surface area contributed by atoms with E-state index in [-0.39, 0.29) is 0 Å². The molecule has 0 saturated heterocycles. The van der Waals surface area contributed by atoms with Gasteiger partial charge in [-0.1, -0.05) is 0 Å². The number of carbonyl (C=O) groups is 1. The summed E-state index contributed by atoms with van der Waals surface area (Å²) in [6.07, 6.45) is 2.14. The van der Waals surface area contributed by atoms with Crippen LogP contribution in [-0.4, -0.2) is 12.6 Å². The van der Waals surface area contributed by atoms with Gasteiger partial charge in [0.2, 0.25) is 0 Å². The van der Waals surface area contributed by atoms with E-state index in [1.54, 1.807) is 0 Å². The van der Waals surface area contributed by atoms with Gasteiger partial charge in [0.15, 0.2) is 0 Å². The number of nitrogens with two attached hydrogens (primary N) is 1. The van der Waals surface area contributed by atoms with Crippen molar-refractivity contribution in [2.45, 2.75) is 19.8 Å². The average Bonchev–Trinajstić information content (AvgIpc) is 2.62. The Kier molecular flexibility index (Phi) is 2.88.